The lowest BCUT2D eigenvalue weighted by Gasteiger charge is -2.45. The number of hydrogen-bond donors (Lipinski definition) is 7. The number of ether oxygens (including phenoxy) is 5. The maximum absolute atomic E-state index is 12.3. The van der Waals surface area contributed by atoms with Crippen LogP contribution in [-0.4, -0.2) is 122 Å². The summed E-state index contributed by atoms with van der Waals surface area (Å²) in [7, 11) is 0. The third-order valence-electron chi connectivity index (χ3n) is 8.45. The van der Waals surface area contributed by atoms with Crippen LogP contribution in [0.4, 0.5) is 0 Å². The third-order valence-corrected chi connectivity index (χ3v) is 8.45. The van der Waals surface area contributed by atoms with Crippen molar-refractivity contribution in [2.75, 3.05) is 0 Å². The van der Waals surface area contributed by atoms with Crippen molar-refractivity contribution in [3.63, 3.8) is 0 Å². The van der Waals surface area contributed by atoms with Crippen LogP contribution in [0.5, 0.6) is 0 Å². The Morgan fingerprint density at radius 2 is 1.71 bits per heavy atom. The SMILES string of the molecule is C=C[C@H]1O[C@@H]1C[C@H](O)C[C@]1(O)C[C@H](O)[C@@H](C(=O)O)[C@H](C[C@H](/C=C/C=C/C=C/C=C\C[C@@H](C)OC(C)=O)O[C@@H]2OC(C)[C@@H](N)C(O)C2O)O1. The number of epoxide rings is 1. The van der Waals surface area contributed by atoms with Crippen LogP contribution in [0.1, 0.15) is 52.9 Å². The minimum absolute atomic E-state index is 0.184. The number of aliphatic carboxylic acids is 1. The van der Waals surface area contributed by atoms with Gasteiger partial charge in [0.1, 0.15) is 30.3 Å². The molecule has 3 unspecified atom stereocenters. The Kier molecular flexibility index (Phi) is 15.1. The Bertz CT molecular complexity index is 1190. The fourth-order valence-corrected chi connectivity index (χ4v) is 5.89. The standard InChI is InChI=1S/C34H51NO13/c1-5-25-26(47-25)15-22(37)17-34(43)18-24(38)28(32(41)42)27(48-34)16-23(46-33-31(40)30(39)29(35)20(3)45-33)14-12-10-8-6-7-9-11-13-19(2)44-21(4)36/h5-12,14,19-20,22-31,33,37-40,43H,1,13,15-18,35H2,2-4H3,(H,41,42)/b7-6+,10-8+,11-9-,14-12+/t19-,20?,22+,23+,24+,25-,26-,27+,28-,29-,30?,31?,33+,34-/m1/s1. The van der Waals surface area contributed by atoms with Gasteiger partial charge in [-0.2, -0.15) is 0 Å². The number of rotatable bonds is 17. The number of nitrogens with two attached hydrogens (primary N) is 1. The first-order valence-electron chi connectivity index (χ1n) is 16.2. The molecule has 3 heterocycles. The molecule has 0 spiro atoms. The number of hydrogen-bond acceptors (Lipinski definition) is 13. The highest BCUT2D eigenvalue weighted by Crippen LogP contribution is 2.39. The van der Waals surface area contributed by atoms with E-state index in [0.717, 1.165) is 0 Å². The monoisotopic (exact) mass is 681 g/mol. The van der Waals surface area contributed by atoms with Gasteiger partial charge in [0.15, 0.2) is 12.1 Å². The van der Waals surface area contributed by atoms with Crippen molar-refractivity contribution in [2.45, 2.75) is 132 Å². The minimum atomic E-state index is -2.06. The zero-order chi connectivity index (χ0) is 35.6. The van der Waals surface area contributed by atoms with Crippen molar-refractivity contribution in [3.8, 4) is 0 Å². The molecular formula is C34H51NO13. The molecule has 0 amide bonds. The van der Waals surface area contributed by atoms with Gasteiger partial charge in [0.2, 0.25) is 0 Å². The molecule has 48 heavy (non-hydrogen) atoms. The highest BCUT2D eigenvalue weighted by Gasteiger charge is 2.51. The van der Waals surface area contributed by atoms with Crippen molar-refractivity contribution < 1.29 is 63.9 Å². The van der Waals surface area contributed by atoms with Crippen molar-refractivity contribution in [1.29, 1.82) is 0 Å². The lowest BCUT2D eigenvalue weighted by Crippen LogP contribution is -2.61. The van der Waals surface area contributed by atoms with Crippen molar-refractivity contribution in [1.82, 2.24) is 0 Å². The lowest BCUT2D eigenvalue weighted by atomic mass is 9.83. The van der Waals surface area contributed by atoms with Gasteiger partial charge in [0, 0.05) is 39.0 Å². The summed E-state index contributed by atoms with van der Waals surface area (Å²) in [4.78, 5) is 23.3. The summed E-state index contributed by atoms with van der Waals surface area (Å²) in [5, 5.41) is 63.8. The average Bonchev–Trinajstić information content (AvgIpc) is 3.74. The third kappa shape index (κ3) is 12.0. The first kappa shape index (κ1) is 39.7. The summed E-state index contributed by atoms with van der Waals surface area (Å²) in [6.45, 7) is 8.39. The van der Waals surface area contributed by atoms with Gasteiger partial charge in [-0.05, 0) is 13.8 Å². The second-order valence-electron chi connectivity index (χ2n) is 12.6. The van der Waals surface area contributed by atoms with Gasteiger partial charge in [0.25, 0.3) is 0 Å². The largest absolute Gasteiger partial charge is 0.481 e. The minimum Gasteiger partial charge on any atom is -0.481 e. The van der Waals surface area contributed by atoms with E-state index in [4.69, 9.17) is 29.4 Å². The maximum Gasteiger partial charge on any atom is 0.311 e. The van der Waals surface area contributed by atoms with Crippen molar-refractivity contribution >= 4 is 11.9 Å². The summed E-state index contributed by atoms with van der Waals surface area (Å²) in [6.07, 6.45) is 4.56. The van der Waals surface area contributed by atoms with Gasteiger partial charge in [-0.25, -0.2) is 0 Å². The van der Waals surface area contributed by atoms with Crippen molar-refractivity contribution in [2.24, 2.45) is 11.7 Å². The molecule has 14 heteroatoms. The Morgan fingerprint density at radius 1 is 1.04 bits per heavy atom. The Labute approximate surface area is 280 Å². The zero-order valence-electron chi connectivity index (χ0n) is 27.6. The molecule has 0 bridgehead atoms. The second kappa shape index (κ2) is 18.3. The topological polar surface area (TPSA) is 231 Å². The Hall–Kier alpha value is -2.76. The van der Waals surface area contributed by atoms with Crippen LogP contribution in [0.25, 0.3) is 0 Å². The predicted octanol–water partition coefficient (Wildman–Crippen LogP) is 0.756. The first-order valence-corrected chi connectivity index (χ1v) is 16.2. The van der Waals surface area contributed by atoms with E-state index < -0.39 is 79.2 Å². The Balaban J connectivity index is 1.74. The van der Waals surface area contributed by atoms with E-state index in [-0.39, 0.29) is 43.5 Å². The molecule has 3 saturated heterocycles. The average molecular weight is 682 g/mol. The zero-order valence-corrected chi connectivity index (χ0v) is 27.6. The number of aliphatic hydroxyl groups is 5. The number of allylic oxidation sites excluding steroid dienone is 6. The molecular weight excluding hydrogens is 630 g/mol. The van der Waals surface area contributed by atoms with Gasteiger partial charge < -0.3 is 60.1 Å². The maximum atomic E-state index is 12.3. The normalized spacial score (nSPS) is 37.6. The number of aliphatic hydroxyl groups excluding tert-OH is 4. The van der Waals surface area contributed by atoms with E-state index in [1.807, 2.05) is 6.08 Å². The fourth-order valence-electron chi connectivity index (χ4n) is 5.89. The van der Waals surface area contributed by atoms with Gasteiger partial charge in [0.05, 0.1) is 42.7 Å². The van der Waals surface area contributed by atoms with Gasteiger partial charge in [-0.3, -0.25) is 9.59 Å². The summed E-state index contributed by atoms with van der Waals surface area (Å²) >= 11 is 0. The molecule has 0 radical (unpaired) electrons. The fraction of sp³-hybridized carbons (Fsp3) is 0.647. The molecule has 14 nitrogen and oxygen atoms in total. The van der Waals surface area contributed by atoms with E-state index in [1.165, 1.54) is 6.92 Å². The first-order chi connectivity index (χ1) is 22.6. The van der Waals surface area contributed by atoms with Crippen molar-refractivity contribution in [3.05, 3.63) is 61.3 Å². The molecule has 8 N–H and O–H groups in total. The lowest BCUT2D eigenvalue weighted by molar-refractivity contribution is -0.308. The summed E-state index contributed by atoms with van der Waals surface area (Å²) in [5.74, 6) is -5.22. The van der Waals surface area contributed by atoms with E-state index >= 15 is 0 Å². The molecule has 0 aromatic carbocycles. The number of carbonyl (C=O) groups excluding carboxylic acids is 1. The van der Waals surface area contributed by atoms with Crippen LogP contribution in [0, 0.1) is 5.92 Å². The molecule has 3 aliphatic heterocycles. The van der Waals surface area contributed by atoms with Crippen LogP contribution in [-0.2, 0) is 33.3 Å². The van der Waals surface area contributed by atoms with Crippen LogP contribution >= 0.6 is 0 Å². The van der Waals surface area contributed by atoms with Gasteiger partial charge in [-0.1, -0.05) is 54.7 Å². The van der Waals surface area contributed by atoms with Gasteiger partial charge in [-0.15, -0.1) is 6.58 Å². The number of carboxylic acids is 1. The van der Waals surface area contributed by atoms with E-state index in [2.05, 4.69) is 6.58 Å². The highest BCUT2D eigenvalue weighted by molar-refractivity contribution is 5.71. The number of carboxylic acid groups (broad SMARTS) is 1. The van der Waals surface area contributed by atoms with Crippen LogP contribution < -0.4 is 5.73 Å². The van der Waals surface area contributed by atoms with E-state index in [9.17, 15) is 40.2 Å². The van der Waals surface area contributed by atoms with Gasteiger partial charge >= 0.3 is 11.9 Å². The number of carbonyl (C=O) groups is 2. The molecule has 0 aromatic heterocycles. The summed E-state index contributed by atoms with van der Waals surface area (Å²) in [6, 6.07) is -0.875. The molecule has 14 atom stereocenters. The van der Waals surface area contributed by atoms with Crippen LogP contribution in [0.3, 0.4) is 0 Å². The molecule has 0 saturated carbocycles. The second-order valence-corrected chi connectivity index (χ2v) is 12.6. The molecule has 0 aromatic rings. The van der Waals surface area contributed by atoms with Crippen LogP contribution in [0.2, 0.25) is 0 Å². The molecule has 0 aliphatic carbocycles. The number of esters is 1. The highest BCUT2D eigenvalue weighted by atomic mass is 16.7. The molecule has 270 valence electrons. The Morgan fingerprint density at radius 3 is 2.33 bits per heavy atom. The molecule has 3 aliphatic rings. The molecule has 3 rings (SSSR count). The predicted molar refractivity (Wildman–Crippen MR) is 172 cm³/mol. The quantitative estimate of drug-likeness (QED) is 0.0486. The smallest absolute Gasteiger partial charge is 0.311 e. The van der Waals surface area contributed by atoms with E-state index in [1.54, 1.807) is 62.5 Å². The van der Waals surface area contributed by atoms with Crippen LogP contribution in [0.15, 0.2) is 61.3 Å². The molecule has 3 fully saturated rings. The van der Waals surface area contributed by atoms with E-state index in [0.29, 0.717) is 6.42 Å². The summed E-state index contributed by atoms with van der Waals surface area (Å²) < 4.78 is 28.1. The summed E-state index contributed by atoms with van der Waals surface area (Å²) in [5.41, 5.74) is 5.91.